The number of amides is 3. The van der Waals surface area contributed by atoms with E-state index in [0.29, 0.717) is 13.1 Å². The minimum atomic E-state index is -0.874. The fourth-order valence-electron chi connectivity index (χ4n) is 1.60. The average Bonchev–Trinajstić information content (AvgIpc) is 2.41. The summed E-state index contributed by atoms with van der Waals surface area (Å²) in [6.45, 7) is 3.44. The highest BCUT2D eigenvalue weighted by atomic mass is 16.2. The summed E-state index contributed by atoms with van der Waals surface area (Å²) in [4.78, 5) is 47.3. The van der Waals surface area contributed by atoms with Gasteiger partial charge in [-0.3, -0.25) is 19.2 Å². The molecule has 0 bridgehead atoms. The zero-order valence-corrected chi connectivity index (χ0v) is 13.0. The Labute approximate surface area is 124 Å². The largest absolute Gasteiger partial charge is 0.353 e. The maximum Gasteiger partial charge on any atom is 0.243 e. The Balaban J connectivity index is 4.70. The summed E-state index contributed by atoms with van der Waals surface area (Å²) in [5.41, 5.74) is 0. The van der Waals surface area contributed by atoms with Crippen molar-refractivity contribution in [3.63, 3.8) is 0 Å². The van der Waals surface area contributed by atoms with E-state index in [1.54, 1.807) is 7.05 Å². The molecule has 0 aromatic heterocycles. The second-order valence-electron chi connectivity index (χ2n) is 4.73. The van der Waals surface area contributed by atoms with Gasteiger partial charge in [-0.2, -0.15) is 0 Å². The fourth-order valence-corrected chi connectivity index (χ4v) is 1.60. The van der Waals surface area contributed by atoms with Crippen LogP contribution in [-0.2, 0) is 19.2 Å². The molecule has 120 valence electrons. The summed E-state index contributed by atoms with van der Waals surface area (Å²) >= 11 is 0. The molecule has 0 aromatic rings. The highest BCUT2D eigenvalue weighted by Crippen LogP contribution is 2.04. The van der Waals surface area contributed by atoms with E-state index in [1.165, 1.54) is 25.8 Å². The molecular weight excluding hydrogens is 276 g/mol. The van der Waals surface area contributed by atoms with Gasteiger partial charge in [0.15, 0.2) is 0 Å². The third kappa shape index (κ3) is 8.03. The number of hydrogen-bond donors (Lipinski definition) is 3. The molecule has 0 radical (unpaired) electrons. The van der Waals surface area contributed by atoms with Crippen LogP contribution in [-0.4, -0.2) is 68.2 Å². The number of Topliss-reactive ketones (excluding diaryl/α,β-unsaturated/α-hetero) is 1. The van der Waals surface area contributed by atoms with Crippen LogP contribution < -0.4 is 16.0 Å². The van der Waals surface area contributed by atoms with Gasteiger partial charge < -0.3 is 20.9 Å². The van der Waals surface area contributed by atoms with Crippen molar-refractivity contribution in [3.05, 3.63) is 0 Å². The van der Waals surface area contributed by atoms with Crippen molar-refractivity contribution in [2.24, 2.45) is 0 Å². The van der Waals surface area contributed by atoms with Crippen LogP contribution in [0.25, 0.3) is 0 Å². The van der Waals surface area contributed by atoms with Gasteiger partial charge >= 0.3 is 0 Å². The van der Waals surface area contributed by atoms with E-state index in [4.69, 9.17) is 0 Å². The Bertz CT molecular complexity index is 398. The van der Waals surface area contributed by atoms with Crippen LogP contribution in [0.15, 0.2) is 0 Å². The summed E-state index contributed by atoms with van der Waals surface area (Å²) in [5.74, 6) is -1.35. The van der Waals surface area contributed by atoms with Gasteiger partial charge in [0.1, 0.15) is 11.8 Å². The number of likely N-dealkylation sites (N-methyl/N-ethyl adjacent to an activating group) is 2. The highest BCUT2D eigenvalue weighted by Gasteiger charge is 2.27. The van der Waals surface area contributed by atoms with Crippen LogP contribution in [0.4, 0.5) is 0 Å². The van der Waals surface area contributed by atoms with Gasteiger partial charge in [0, 0.05) is 33.5 Å². The summed E-state index contributed by atoms with van der Waals surface area (Å²) in [5, 5.41) is 7.90. The summed E-state index contributed by atoms with van der Waals surface area (Å²) in [7, 11) is 3.19. The quantitative estimate of drug-likeness (QED) is 0.438. The number of hydrogen-bond acceptors (Lipinski definition) is 5. The van der Waals surface area contributed by atoms with Crippen molar-refractivity contribution in [2.45, 2.75) is 26.3 Å². The Kier molecular flexibility index (Phi) is 8.95. The van der Waals surface area contributed by atoms with E-state index in [-0.39, 0.29) is 30.6 Å². The molecule has 0 saturated carbocycles. The van der Waals surface area contributed by atoms with Crippen molar-refractivity contribution in [3.8, 4) is 0 Å². The second kappa shape index (κ2) is 9.87. The smallest absolute Gasteiger partial charge is 0.243 e. The second-order valence-corrected chi connectivity index (χ2v) is 4.73. The van der Waals surface area contributed by atoms with Gasteiger partial charge in [-0.15, -0.1) is 0 Å². The van der Waals surface area contributed by atoms with Crippen LogP contribution in [0.5, 0.6) is 0 Å². The Hall–Kier alpha value is -1.96. The molecule has 0 aliphatic heterocycles. The van der Waals surface area contributed by atoms with E-state index in [2.05, 4.69) is 16.0 Å². The minimum absolute atomic E-state index is 0.0618. The standard InChI is InChI=1S/C13H24N4O4/c1-9(18)7-11(13(21)15-6-5-14-3)17(4)12(20)8-16-10(2)19/h11,14H,5-8H2,1-4H3,(H,15,21)(H,16,19). The molecule has 0 saturated heterocycles. The number of ketones is 1. The predicted molar refractivity (Wildman–Crippen MR) is 77.5 cm³/mol. The van der Waals surface area contributed by atoms with E-state index < -0.39 is 11.9 Å². The highest BCUT2D eigenvalue weighted by molar-refractivity contribution is 5.93. The van der Waals surface area contributed by atoms with E-state index in [9.17, 15) is 19.2 Å². The minimum Gasteiger partial charge on any atom is -0.353 e. The molecule has 21 heavy (non-hydrogen) atoms. The Morgan fingerprint density at radius 1 is 1.05 bits per heavy atom. The summed E-state index contributed by atoms with van der Waals surface area (Å²) in [6, 6.07) is -0.874. The van der Waals surface area contributed by atoms with Gasteiger partial charge in [-0.1, -0.05) is 0 Å². The number of rotatable bonds is 9. The van der Waals surface area contributed by atoms with E-state index >= 15 is 0 Å². The molecule has 1 atom stereocenters. The van der Waals surface area contributed by atoms with Gasteiger partial charge in [0.25, 0.3) is 0 Å². The topological polar surface area (TPSA) is 108 Å². The molecule has 0 rings (SSSR count). The first kappa shape index (κ1) is 19.0. The summed E-state index contributed by atoms with van der Waals surface area (Å²) < 4.78 is 0. The zero-order chi connectivity index (χ0) is 16.4. The molecule has 3 amide bonds. The van der Waals surface area contributed by atoms with Gasteiger partial charge in [-0.05, 0) is 14.0 Å². The molecule has 3 N–H and O–H groups in total. The number of carbonyl (C=O) groups is 4. The molecule has 1 unspecified atom stereocenters. The van der Waals surface area contributed by atoms with Crippen molar-refractivity contribution < 1.29 is 19.2 Å². The van der Waals surface area contributed by atoms with Gasteiger partial charge in [-0.25, -0.2) is 0 Å². The third-order valence-corrected chi connectivity index (χ3v) is 2.81. The molecule has 8 heteroatoms. The molecule has 0 aliphatic carbocycles. The van der Waals surface area contributed by atoms with Crippen LogP contribution in [0.2, 0.25) is 0 Å². The van der Waals surface area contributed by atoms with Crippen LogP contribution in [0, 0.1) is 0 Å². The Morgan fingerprint density at radius 2 is 1.67 bits per heavy atom. The lowest BCUT2D eigenvalue weighted by Crippen LogP contribution is -2.51. The van der Waals surface area contributed by atoms with Crippen molar-refractivity contribution in [1.82, 2.24) is 20.9 Å². The van der Waals surface area contributed by atoms with Gasteiger partial charge in [0.2, 0.25) is 17.7 Å². The van der Waals surface area contributed by atoms with Crippen LogP contribution >= 0.6 is 0 Å². The Morgan fingerprint density at radius 3 is 2.14 bits per heavy atom. The van der Waals surface area contributed by atoms with Gasteiger partial charge in [0.05, 0.1) is 6.54 Å². The van der Waals surface area contributed by atoms with E-state index in [1.807, 2.05) is 0 Å². The van der Waals surface area contributed by atoms with Crippen LogP contribution in [0.1, 0.15) is 20.3 Å². The first-order valence-corrected chi connectivity index (χ1v) is 6.71. The fraction of sp³-hybridized carbons (Fsp3) is 0.692. The third-order valence-electron chi connectivity index (χ3n) is 2.81. The monoisotopic (exact) mass is 300 g/mol. The van der Waals surface area contributed by atoms with Crippen LogP contribution in [0.3, 0.4) is 0 Å². The molecule has 0 fully saturated rings. The molecular formula is C13H24N4O4. The maximum absolute atomic E-state index is 12.1. The van der Waals surface area contributed by atoms with Crippen molar-refractivity contribution in [2.75, 3.05) is 33.7 Å². The van der Waals surface area contributed by atoms with Crippen molar-refractivity contribution in [1.29, 1.82) is 0 Å². The first-order valence-electron chi connectivity index (χ1n) is 6.71. The molecule has 0 heterocycles. The van der Waals surface area contributed by atoms with Crippen molar-refractivity contribution >= 4 is 23.5 Å². The summed E-state index contributed by atoms with van der Waals surface area (Å²) in [6.07, 6.45) is -0.0618. The lowest BCUT2D eigenvalue weighted by atomic mass is 10.1. The SMILES string of the molecule is CNCCNC(=O)C(CC(C)=O)N(C)C(=O)CNC(C)=O. The molecule has 0 spiro atoms. The number of nitrogens with zero attached hydrogens (tertiary/aromatic N) is 1. The maximum atomic E-state index is 12.1. The van der Waals surface area contributed by atoms with E-state index in [0.717, 1.165) is 0 Å². The molecule has 0 aliphatic rings. The number of carbonyl (C=O) groups excluding carboxylic acids is 4. The first-order chi connectivity index (χ1) is 9.79. The molecule has 8 nitrogen and oxygen atoms in total. The lowest BCUT2D eigenvalue weighted by Gasteiger charge is -2.26. The average molecular weight is 300 g/mol. The normalized spacial score (nSPS) is 11.4. The zero-order valence-electron chi connectivity index (χ0n) is 13.0. The molecule has 0 aromatic carbocycles. The lowest BCUT2D eigenvalue weighted by molar-refractivity contribution is -0.140. The number of nitrogens with one attached hydrogen (secondary N) is 3. The predicted octanol–water partition coefficient (Wildman–Crippen LogP) is -1.74.